The molecule has 6 rings (SSSR count). The van der Waals surface area contributed by atoms with E-state index in [1.54, 1.807) is 11.8 Å². The van der Waals surface area contributed by atoms with Gasteiger partial charge in [-0.2, -0.15) is 0 Å². The molecule has 1 aromatic heterocycles. The normalized spacial score (nSPS) is 11.0. The van der Waals surface area contributed by atoms with Crippen molar-refractivity contribution in [1.29, 1.82) is 0 Å². The van der Waals surface area contributed by atoms with E-state index in [0.29, 0.717) is 0 Å². The van der Waals surface area contributed by atoms with Crippen molar-refractivity contribution < 1.29 is 0 Å². The van der Waals surface area contributed by atoms with Gasteiger partial charge in [-0.3, -0.25) is 0 Å². The lowest BCUT2D eigenvalue weighted by Crippen LogP contribution is -1.92. The molecule has 0 saturated heterocycles. The molecular formula is C31H27NS2. The predicted octanol–water partition coefficient (Wildman–Crippen LogP) is 9.78. The molecule has 34 heavy (non-hydrogen) atoms. The molecule has 5 aromatic carbocycles. The lowest BCUT2D eigenvalue weighted by molar-refractivity contribution is 1.39. The summed E-state index contributed by atoms with van der Waals surface area (Å²) in [5.41, 5.74) is 11.3. The molecule has 0 atom stereocenters. The second-order valence-corrected chi connectivity index (χ2v) is 10.0. The van der Waals surface area contributed by atoms with E-state index in [1.807, 2.05) is 25.2 Å². The molecule has 1 heterocycles. The molecule has 0 spiro atoms. The number of thioether (sulfide) groups is 1. The summed E-state index contributed by atoms with van der Waals surface area (Å²) in [7, 11) is 0. The van der Waals surface area contributed by atoms with Crippen LogP contribution in [0.15, 0.2) is 108 Å². The van der Waals surface area contributed by atoms with Crippen LogP contribution in [0.1, 0.15) is 19.4 Å². The Morgan fingerprint density at radius 3 is 2.32 bits per heavy atom. The molecule has 3 heteroatoms. The van der Waals surface area contributed by atoms with Crippen molar-refractivity contribution in [3.05, 3.63) is 109 Å². The van der Waals surface area contributed by atoms with Crippen LogP contribution in [0.2, 0.25) is 0 Å². The summed E-state index contributed by atoms with van der Waals surface area (Å²) < 4.78 is 2.68. The highest BCUT2D eigenvalue weighted by molar-refractivity contribution is 7.98. The first kappa shape index (κ1) is 22.5. The van der Waals surface area contributed by atoms with E-state index in [1.165, 1.54) is 42.2 Å². The maximum Gasteiger partial charge on any atom is 0.0532 e. The Hall–Kier alpha value is -3.27. The molecule has 6 aromatic rings. The fourth-order valence-electron chi connectivity index (χ4n) is 4.34. The van der Waals surface area contributed by atoms with Crippen molar-refractivity contribution in [1.82, 2.24) is 0 Å². The second-order valence-electron chi connectivity index (χ2n) is 7.97. The summed E-state index contributed by atoms with van der Waals surface area (Å²) in [6.07, 6.45) is 0. The van der Waals surface area contributed by atoms with Gasteiger partial charge < -0.3 is 5.73 Å². The molecule has 0 amide bonds. The van der Waals surface area contributed by atoms with Gasteiger partial charge in [-0.25, -0.2) is 0 Å². The Morgan fingerprint density at radius 2 is 1.47 bits per heavy atom. The van der Waals surface area contributed by atoms with Gasteiger partial charge in [-0.1, -0.05) is 98.8 Å². The fourth-order valence-corrected chi connectivity index (χ4v) is 6.52. The van der Waals surface area contributed by atoms with Gasteiger partial charge in [-0.15, -0.1) is 23.1 Å². The number of anilines is 1. The number of nitrogens with two attached hydrogens (primary N) is 1. The molecule has 2 N–H and O–H groups in total. The van der Waals surface area contributed by atoms with Crippen molar-refractivity contribution in [2.75, 3.05) is 5.73 Å². The molecule has 0 radical (unpaired) electrons. The number of fused-ring (bicyclic) bond motifs is 4. The minimum atomic E-state index is 0.870. The molecule has 0 unspecified atom stereocenters. The molecule has 0 aliphatic carbocycles. The highest BCUT2D eigenvalue weighted by Gasteiger charge is 2.12. The van der Waals surface area contributed by atoms with E-state index in [2.05, 4.69) is 103 Å². The molecule has 0 fully saturated rings. The van der Waals surface area contributed by atoms with Gasteiger partial charge in [0.05, 0.1) is 5.69 Å². The zero-order chi connectivity index (χ0) is 23.5. The number of hydrogen-bond acceptors (Lipinski definition) is 3. The molecule has 0 aliphatic heterocycles. The fraction of sp³-hybridized carbons (Fsp3) is 0.0968. The maximum atomic E-state index is 6.59. The monoisotopic (exact) mass is 477 g/mol. The first-order valence-corrected chi connectivity index (χ1v) is 13.5. The van der Waals surface area contributed by atoms with Crippen LogP contribution in [0, 0.1) is 0 Å². The van der Waals surface area contributed by atoms with E-state index < -0.39 is 0 Å². The van der Waals surface area contributed by atoms with Crippen LogP contribution in [0.4, 0.5) is 5.69 Å². The summed E-state index contributed by atoms with van der Waals surface area (Å²) in [6.45, 7) is 4.00. The average molecular weight is 478 g/mol. The van der Waals surface area contributed by atoms with E-state index in [4.69, 9.17) is 5.73 Å². The van der Waals surface area contributed by atoms with Crippen molar-refractivity contribution in [3.63, 3.8) is 0 Å². The van der Waals surface area contributed by atoms with Gasteiger partial charge in [0.2, 0.25) is 0 Å². The van der Waals surface area contributed by atoms with Crippen LogP contribution < -0.4 is 5.73 Å². The third-order valence-corrected chi connectivity index (χ3v) is 8.34. The first-order chi connectivity index (χ1) is 16.8. The van der Waals surface area contributed by atoms with Crippen LogP contribution in [-0.2, 0) is 5.75 Å². The van der Waals surface area contributed by atoms with Gasteiger partial charge in [0, 0.05) is 36.2 Å². The highest BCUT2D eigenvalue weighted by Crippen LogP contribution is 2.41. The summed E-state index contributed by atoms with van der Waals surface area (Å²) in [4.78, 5) is 1.14. The van der Waals surface area contributed by atoms with Gasteiger partial charge in [0.1, 0.15) is 0 Å². The highest BCUT2D eigenvalue weighted by atomic mass is 32.2. The van der Waals surface area contributed by atoms with Crippen molar-refractivity contribution in [3.8, 4) is 11.1 Å². The number of thiophene rings is 1. The standard InChI is InChI=1S/C29H21NS2.C2H6/c30-28-22-15-13-21(17-20(22)14-16-27(28)31-18-19-7-2-1-3-8-19)23-10-6-11-25-24-9-4-5-12-26(24)32-29(23)25;1-2/h1-17H,18,30H2;1-2H3. The average Bonchev–Trinajstić information content (AvgIpc) is 3.29. The van der Waals surface area contributed by atoms with E-state index in [0.717, 1.165) is 21.7 Å². The van der Waals surface area contributed by atoms with Gasteiger partial charge in [0.15, 0.2) is 0 Å². The number of nitrogen functional groups attached to an aromatic ring is 1. The van der Waals surface area contributed by atoms with Crippen LogP contribution in [0.3, 0.4) is 0 Å². The number of hydrogen-bond donors (Lipinski definition) is 1. The minimum Gasteiger partial charge on any atom is -0.397 e. The Bertz CT molecular complexity index is 1580. The minimum absolute atomic E-state index is 0.870. The molecule has 0 saturated carbocycles. The molecule has 0 bridgehead atoms. The van der Waals surface area contributed by atoms with Gasteiger partial charge in [-0.05, 0) is 40.3 Å². The Kier molecular flexibility index (Phi) is 6.57. The smallest absolute Gasteiger partial charge is 0.0532 e. The maximum absolute atomic E-state index is 6.59. The Balaban J connectivity index is 0.00000117. The number of benzene rings is 5. The molecular weight excluding hydrogens is 450 g/mol. The van der Waals surface area contributed by atoms with E-state index in [-0.39, 0.29) is 0 Å². The molecule has 168 valence electrons. The van der Waals surface area contributed by atoms with Gasteiger partial charge in [0.25, 0.3) is 0 Å². The van der Waals surface area contributed by atoms with Crippen LogP contribution in [0.25, 0.3) is 42.1 Å². The van der Waals surface area contributed by atoms with Crippen LogP contribution in [0.5, 0.6) is 0 Å². The largest absolute Gasteiger partial charge is 0.397 e. The van der Waals surface area contributed by atoms with Crippen LogP contribution in [-0.4, -0.2) is 0 Å². The molecule has 1 nitrogen and oxygen atoms in total. The quantitative estimate of drug-likeness (QED) is 0.202. The van der Waals surface area contributed by atoms with Crippen LogP contribution >= 0.6 is 23.1 Å². The lowest BCUT2D eigenvalue weighted by atomic mass is 9.99. The first-order valence-electron chi connectivity index (χ1n) is 11.7. The Morgan fingerprint density at radius 1 is 0.706 bits per heavy atom. The van der Waals surface area contributed by atoms with Gasteiger partial charge >= 0.3 is 0 Å². The zero-order valence-electron chi connectivity index (χ0n) is 19.4. The topological polar surface area (TPSA) is 26.0 Å². The summed E-state index contributed by atoms with van der Waals surface area (Å²) >= 11 is 3.67. The van der Waals surface area contributed by atoms with Crippen molar-refractivity contribution >= 4 is 59.7 Å². The summed E-state index contributed by atoms with van der Waals surface area (Å²) in [5, 5.41) is 4.97. The Labute approximate surface area is 209 Å². The SMILES string of the molecule is CC.Nc1c(SCc2ccccc2)ccc2cc(-c3cccc4c3sc3ccccc34)ccc12. The number of rotatable bonds is 4. The van der Waals surface area contributed by atoms with Crippen molar-refractivity contribution in [2.24, 2.45) is 0 Å². The van der Waals surface area contributed by atoms with E-state index in [9.17, 15) is 0 Å². The summed E-state index contributed by atoms with van der Waals surface area (Å²) in [6, 6.07) is 36.8. The van der Waals surface area contributed by atoms with E-state index >= 15 is 0 Å². The predicted molar refractivity (Wildman–Crippen MR) is 154 cm³/mol. The summed E-state index contributed by atoms with van der Waals surface area (Å²) in [5.74, 6) is 0.919. The van der Waals surface area contributed by atoms with Crippen molar-refractivity contribution in [2.45, 2.75) is 24.5 Å². The lowest BCUT2D eigenvalue weighted by Gasteiger charge is -2.11. The zero-order valence-corrected chi connectivity index (χ0v) is 21.0. The third kappa shape index (κ3) is 4.18. The third-order valence-electron chi connectivity index (χ3n) is 5.97. The molecule has 0 aliphatic rings. The second kappa shape index (κ2) is 9.92.